The number of carbonyl (C=O) groups excluding carboxylic acids is 1. The molecule has 0 radical (unpaired) electrons. The molecular formula is C29H40F3N5O3SSi. The molecule has 1 aromatic carbocycles. The number of nitrogens with one attached hydrogen (secondary N) is 1. The Morgan fingerprint density at radius 2 is 1.83 bits per heavy atom. The Labute approximate surface area is 250 Å². The maximum absolute atomic E-state index is 14.2. The van der Waals surface area contributed by atoms with Crippen LogP contribution in [-0.4, -0.2) is 43.7 Å². The molecule has 0 bridgehead atoms. The van der Waals surface area contributed by atoms with Gasteiger partial charge in [0.25, 0.3) is 0 Å². The van der Waals surface area contributed by atoms with Crippen molar-refractivity contribution in [2.24, 2.45) is 4.99 Å². The highest BCUT2D eigenvalue weighted by Crippen LogP contribution is 2.52. The summed E-state index contributed by atoms with van der Waals surface area (Å²) >= 11 is 1.48. The number of thiazole rings is 1. The van der Waals surface area contributed by atoms with Gasteiger partial charge in [0.1, 0.15) is 21.9 Å². The van der Waals surface area contributed by atoms with E-state index in [1.165, 1.54) is 11.3 Å². The maximum Gasteiger partial charge on any atom is 0.431 e. The summed E-state index contributed by atoms with van der Waals surface area (Å²) in [6, 6.07) is 4.86. The van der Waals surface area contributed by atoms with Crippen LogP contribution in [0.4, 0.5) is 29.3 Å². The van der Waals surface area contributed by atoms with Gasteiger partial charge >= 0.3 is 12.3 Å². The fraction of sp³-hybridized carbons (Fsp3) is 0.552. The number of alkyl carbamates (subject to hydrolysis) is 1. The third-order valence-electron chi connectivity index (χ3n) is 7.79. The number of hydrogen-bond donors (Lipinski definition) is 2. The van der Waals surface area contributed by atoms with Crippen LogP contribution in [0, 0.1) is 0 Å². The van der Waals surface area contributed by atoms with Gasteiger partial charge in [-0.05, 0) is 81.9 Å². The number of aromatic nitrogens is 1. The van der Waals surface area contributed by atoms with Crippen molar-refractivity contribution in [1.82, 2.24) is 10.3 Å². The van der Waals surface area contributed by atoms with Crippen molar-refractivity contribution in [3.8, 4) is 10.4 Å². The van der Waals surface area contributed by atoms with E-state index in [4.69, 9.17) is 19.9 Å². The predicted octanol–water partition coefficient (Wildman–Crippen LogP) is 7.94. The second-order valence-corrected chi connectivity index (χ2v) is 19.0. The summed E-state index contributed by atoms with van der Waals surface area (Å²) in [7, 11) is -2.09. The number of aliphatic imine (C=N–C) groups is 1. The molecule has 2 aliphatic rings. The van der Waals surface area contributed by atoms with Gasteiger partial charge in [-0.2, -0.15) is 13.2 Å². The molecule has 1 amide bonds. The van der Waals surface area contributed by atoms with E-state index >= 15 is 0 Å². The molecule has 1 atom stereocenters. The molecule has 13 heteroatoms. The molecule has 1 saturated carbocycles. The van der Waals surface area contributed by atoms with Crippen LogP contribution >= 0.6 is 11.3 Å². The number of carbonyl (C=O) groups is 1. The summed E-state index contributed by atoms with van der Waals surface area (Å²) in [6.07, 6.45) is -0.705. The molecule has 1 unspecified atom stereocenters. The topological polar surface area (TPSA) is 102 Å². The van der Waals surface area contributed by atoms with Crippen molar-refractivity contribution >= 4 is 43.3 Å². The quantitative estimate of drug-likeness (QED) is 0.250. The minimum atomic E-state index is -4.75. The highest BCUT2D eigenvalue weighted by atomic mass is 32.1. The molecule has 4 rings (SSSR count). The maximum atomic E-state index is 14.2. The predicted molar refractivity (Wildman–Crippen MR) is 164 cm³/mol. The molecule has 2 aromatic rings. The summed E-state index contributed by atoms with van der Waals surface area (Å²) in [6.45, 7) is 16.0. The number of benzene rings is 1. The van der Waals surface area contributed by atoms with E-state index in [0.29, 0.717) is 5.56 Å². The largest absolute Gasteiger partial charge is 0.444 e. The SMILES string of the molecule is CC(C)(C)OC(=O)NC1N=CC=C(C(F)(F)F)N1c1cc(-c2cnc(C3(O[Si](C)(C)C(C)(C)C)CCC3)s2)ccc1N. The lowest BCUT2D eigenvalue weighted by Gasteiger charge is -2.49. The van der Waals surface area contributed by atoms with Crippen LogP contribution in [0.25, 0.3) is 10.4 Å². The number of hydrogen-bond acceptors (Lipinski definition) is 8. The highest BCUT2D eigenvalue weighted by molar-refractivity contribution is 7.15. The van der Waals surface area contributed by atoms with E-state index in [9.17, 15) is 18.0 Å². The van der Waals surface area contributed by atoms with Crippen LogP contribution in [-0.2, 0) is 14.8 Å². The van der Waals surface area contributed by atoms with Crippen LogP contribution in [0.2, 0.25) is 18.1 Å². The fourth-order valence-electron chi connectivity index (χ4n) is 4.50. The molecular weight excluding hydrogens is 583 g/mol. The molecule has 42 heavy (non-hydrogen) atoms. The molecule has 230 valence electrons. The first-order chi connectivity index (χ1) is 19.2. The van der Waals surface area contributed by atoms with Crippen molar-refractivity contribution in [1.29, 1.82) is 0 Å². The van der Waals surface area contributed by atoms with E-state index in [0.717, 1.165) is 46.3 Å². The van der Waals surface area contributed by atoms with Gasteiger partial charge in [0, 0.05) is 12.4 Å². The second kappa shape index (κ2) is 11.0. The van der Waals surface area contributed by atoms with Crippen LogP contribution < -0.4 is 16.0 Å². The standard InChI is InChI=1S/C29H40F3N5O3SSi/c1-26(2,3)39-25(38)36-24-34-15-12-22(29(30,31)32)37(24)20-16-18(10-11-19(20)33)21-17-35-23(41-21)28(13-9-14-28)40-42(7,8)27(4,5)6/h10-12,15-17,24H,9,13-14,33H2,1-8H3,(H,36,38). The number of anilines is 2. The van der Waals surface area contributed by atoms with E-state index in [2.05, 4.69) is 44.2 Å². The summed E-state index contributed by atoms with van der Waals surface area (Å²) in [5, 5.41) is 3.34. The average Bonchev–Trinajstić information content (AvgIpc) is 3.30. The van der Waals surface area contributed by atoms with Crippen LogP contribution in [0.1, 0.15) is 65.8 Å². The van der Waals surface area contributed by atoms with E-state index in [1.807, 2.05) is 0 Å². The summed E-state index contributed by atoms with van der Waals surface area (Å²) in [5.74, 6) is 0. The highest BCUT2D eigenvalue weighted by Gasteiger charge is 2.50. The monoisotopic (exact) mass is 623 g/mol. The minimum absolute atomic E-state index is 0.0338. The second-order valence-electron chi connectivity index (χ2n) is 13.3. The molecule has 0 spiro atoms. The van der Waals surface area contributed by atoms with Gasteiger partial charge in [0.2, 0.25) is 6.29 Å². The van der Waals surface area contributed by atoms with Gasteiger partial charge in [-0.1, -0.05) is 26.8 Å². The molecule has 8 nitrogen and oxygen atoms in total. The van der Waals surface area contributed by atoms with Crippen molar-refractivity contribution in [2.45, 2.75) is 103 Å². The number of nitrogens with zero attached hydrogens (tertiary/aromatic N) is 3. The van der Waals surface area contributed by atoms with Crippen molar-refractivity contribution in [3.05, 3.63) is 41.2 Å². The minimum Gasteiger partial charge on any atom is -0.444 e. The Morgan fingerprint density at radius 3 is 2.38 bits per heavy atom. The summed E-state index contributed by atoms with van der Waals surface area (Å²) in [5.41, 5.74) is 4.69. The number of ether oxygens (including phenoxy) is 1. The van der Waals surface area contributed by atoms with Crippen LogP contribution in [0.3, 0.4) is 0 Å². The van der Waals surface area contributed by atoms with Gasteiger partial charge < -0.3 is 14.9 Å². The zero-order chi connectivity index (χ0) is 31.3. The fourth-order valence-corrected chi connectivity index (χ4v) is 7.26. The molecule has 3 N–H and O–H groups in total. The molecule has 1 aromatic heterocycles. The Bertz CT molecular complexity index is 1390. The summed E-state index contributed by atoms with van der Waals surface area (Å²) < 4.78 is 54.9. The lowest BCUT2D eigenvalue weighted by Crippen LogP contribution is -2.52. The number of allylic oxidation sites excluding steroid dienone is 2. The number of nitrogens with two attached hydrogens (primary N) is 1. The van der Waals surface area contributed by atoms with Gasteiger partial charge in [0.15, 0.2) is 8.32 Å². The Balaban J connectivity index is 1.70. The van der Waals surface area contributed by atoms with Gasteiger partial charge in [-0.25, -0.2) is 14.8 Å². The molecule has 1 fully saturated rings. The molecule has 1 aliphatic heterocycles. The Hall–Kier alpha value is -2.90. The van der Waals surface area contributed by atoms with E-state index in [-0.39, 0.29) is 16.4 Å². The number of nitrogen functional groups attached to an aromatic ring is 1. The number of halogens is 3. The normalized spacial score (nSPS) is 19.3. The Morgan fingerprint density at radius 1 is 1.17 bits per heavy atom. The van der Waals surface area contributed by atoms with Crippen molar-refractivity contribution < 1.29 is 27.1 Å². The lowest BCUT2D eigenvalue weighted by atomic mass is 9.81. The Kier molecular flexibility index (Phi) is 8.37. The molecule has 0 saturated heterocycles. The smallest absolute Gasteiger partial charge is 0.431 e. The van der Waals surface area contributed by atoms with Gasteiger partial charge in [-0.3, -0.25) is 10.2 Å². The number of rotatable bonds is 6. The zero-order valence-electron chi connectivity index (χ0n) is 25.3. The summed E-state index contributed by atoms with van der Waals surface area (Å²) in [4.78, 5) is 23.0. The zero-order valence-corrected chi connectivity index (χ0v) is 27.2. The van der Waals surface area contributed by atoms with E-state index in [1.54, 1.807) is 45.2 Å². The first kappa shape index (κ1) is 32.0. The van der Waals surface area contributed by atoms with Gasteiger partial charge in [0.05, 0.1) is 16.3 Å². The van der Waals surface area contributed by atoms with Crippen molar-refractivity contribution in [2.75, 3.05) is 10.6 Å². The third-order valence-corrected chi connectivity index (χ3v) is 13.5. The average molecular weight is 624 g/mol. The number of amides is 1. The van der Waals surface area contributed by atoms with Gasteiger partial charge in [-0.15, -0.1) is 11.3 Å². The van der Waals surface area contributed by atoms with E-state index < -0.39 is 43.8 Å². The third kappa shape index (κ3) is 6.67. The lowest BCUT2D eigenvalue weighted by molar-refractivity contribution is -0.0944. The molecule has 2 heterocycles. The first-order valence-corrected chi connectivity index (χ1v) is 17.6. The van der Waals surface area contributed by atoms with Crippen LogP contribution in [0.5, 0.6) is 0 Å². The van der Waals surface area contributed by atoms with Crippen LogP contribution in [0.15, 0.2) is 41.2 Å². The van der Waals surface area contributed by atoms with Crippen molar-refractivity contribution in [3.63, 3.8) is 0 Å². The molecule has 1 aliphatic carbocycles. The first-order valence-electron chi connectivity index (χ1n) is 13.9. The number of alkyl halides is 3.